The van der Waals surface area contributed by atoms with Gasteiger partial charge in [0, 0.05) is 19.0 Å². The van der Waals surface area contributed by atoms with Crippen LogP contribution in [-0.4, -0.2) is 32.7 Å². The highest BCUT2D eigenvalue weighted by atomic mass is 32.2. The van der Waals surface area contributed by atoms with E-state index in [4.69, 9.17) is 17.3 Å². The van der Waals surface area contributed by atoms with Crippen molar-refractivity contribution in [2.45, 2.75) is 12.8 Å². The first-order valence-corrected chi connectivity index (χ1v) is 9.59. The molecule has 2 aromatic rings. The van der Waals surface area contributed by atoms with Crippen LogP contribution in [0.15, 0.2) is 47.4 Å². The molecule has 0 atom stereocenters. The SMILES string of the molecule is O=C(O)CCCN1C(=O)/C(=C/c2cccc(-c3cc(F)cc(F)c3)c2)SC1=S. The molecular formula is C20H15F2NO3S2. The summed E-state index contributed by atoms with van der Waals surface area (Å²) in [6.45, 7) is 0.247. The molecule has 0 saturated carbocycles. The van der Waals surface area contributed by atoms with Crippen LogP contribution in [0.2, 0.25) is 0 Å². The molecule has 2 aromatic carbocycles. The number of carboxylic acids is 1. The van der Waals surface area contributed by atoms with E-state index in [1.807, 2.05) is 0 Å². The number of hydrogen-bond acceptors (Lipinski definition) is 4. The van der Waals surface area contributed by atoms with Gasteiger partial charge < -0.3 is 5.11 Å². The Hall–Kier alpha value is -2.58. The van der Waals surface area contributed by atoms with E-state index in [0.29, 0.717) is 32.3 Å². The average molecular weight is 419 g/mol. The van der Waals surface area contributed by atoms with Gasteiger partial charge in [-0.3, -0.25) is 14.5 Å². The summed E-state index contributed by atoms with van der Waals surface area (Å²) in [4.78, 5) is 25.0. The van der Waals surface area contributed by atoms with Crippen LogP contribution in [0.3, 0.4) is 0 Å². The average Bonchev–Trinajstić information content (AvgIpc) is 2.88. The van der Waals surface area contributed by atoms with E-state index >= 15 is 0 Å². The number of benzene rings is 2. The zero-order valence-electron chi connectivity index (χ0n) is 14.5. The number of hydrogen-bond donors (Lipinski definition) is 1. The maximum Gasteiger partial charge on any atom is 0.303 e. The number of carbonyl (C=O) groups is 2. The second-order valence-corrected chi connectivity index (χ2v) is 7.79. The van der Waals surface area contributed by atoms with Crippen molar-refractivity contribution in [2.75, 3.05) is 6.54 Å². The van der Waals surface area contributed by atoms with E-state index in [1.54, 1.807) is 30.3 Å². The second kappa shape index (κ2) is 8.62. The fraction of sp³-hybridized carbons (Fsp3) is 0.150. The van der Waals surface area contributed by atoms with E-state index in [9.17, 15) is 18.4 Å². The van der Waals surface area contributed by atoms with E-state index in [1.165, 1.54) is 17.0 Å². The fourth-order valence-electron chi connectivity index (χ4n) is 2.76. The van der Waals surface area contributed by atoms with Gasteiger partial charge in [-0.05, 0) is 47.4 Å². The molecule has 1 saturated heterocycles. The van der Waals surface area contributed by atoms with Crippen LogP contribution in [0.1, 0.15) is 18.4 Å². The molecule has 8 heteroatoms. The molecule has 3 rings (SSSR count). The van der Waals surface area contributed by atoms with Crippen molar-refractivity contribution in [3.8, 4) is 11.1 Å². The van der Waals surface area contributed by atoms with Crippen molar-refractivity contribution in [3.05, 3.63) is 64.6 Å². The summed E-state index contributed by atoms with van der Waals surface area (Å²) in [5.74, 6) is -2.53. The first-order valence-electron chi connectivity index (χ1n) is 8.37. The molecule has 0 aromatic heterocycles. The zero-order chi connectivity index (χ0) is 20.3. The van der Waals surface area contributed by atoms with Crippen LogP contribution in [0.5, 0.6) is 0 Å². The predicted octanol–water partition coefficient (Wildman–Crippen LogP) is 4.70. The summed E-state index contributed by atoms with van der Waals surface area (Å²) < 4.78 is 27.3. The van der Waals surface area contributed by atoms with E-state index in [0.717, 1.165) is 17.8 Å². The van der Waals surface area contributed by atoms with Crippen LogP contribution in [0, 0.1) is 11.6 Å². The Morgan fingerprint density at radius 3 is 2.54 bits per heavy atom. The summed E-state index contributed by atoms with van der Waals surface area (Å²) >= 11 is 6.36. The highest BCUT2D eigenvalue weighted by Gasteiger charge is 2.31. The monoisotopic (exact) mass is 419 g/mol. The lowest BCUT2D eigenvalue weighted by Gasteiger charge is -2.13. The summed E-state index contributed by atoms with van der Waals surface area (Å²) in [6, 6.07) is 10.2. The van der Waals surface area contributed by atoms with Crippen LogP contribution in [0.4, 0.5) is 8.78 Å². The molecule has 4 nitrogen and oxygen atoms in total. The van der Waals surface area contributed by atoms with Crippen molar-refractivity contribution < 1.29 is 23.5 Å². The first-order chi connectivity index (χ1) is 13.3. The molecule has 0 radical (unpaired) electrons. The second-order valence-electron chi connectivity index (χ2n) is 6.11. The fourth-order valence-corrected chi connectivity index (χ4v) is 4.07. The van der Waals surface area contributed by atoms with E-state index in [-0.39, 0.29) is 18.9 Å². The standard InChI is InChI=1S/C20H15F2NO3S2/c21-15-9-14(10-16(22)11-15)13-4-1-3-12(7-13)8-17-19(26)23(20(27)28-17)6-2-5-18(24)25/h1,3-4,7-11H,2,5-6H2,(H,24,25)/b17-8-. The van der Waals surface area contributed by atoms with Crippen LogP contribution >= 0.6 is 24.0 Å². The lowest BCUT2D eigenvalue weighted by Crippen LogP contribution is -2.29. The number of thioether (sulfide) groups is 1. The Balaban J connectivity index is 1.81. The van der Waals surface area contributed by atoms with Crippen molar-refractivity contribution in [3.63, 3.8) is 0 Å². The van der Waals surface area contributed by atoms with E-state index in [2.05, 4.69) is 0 Å². The largest absolute Gasteiger partial charge is 0.481 e. The summed E-state index contributed by atoms with van der Waals surface area (Å²) in [5, 5.41) is 8.72. The number of nitrogens with zero attached hydrogens (tertiary/aromatic N) is 1. The highest BCUT2D eigenvalue weighted by Crippen LogP contribution is 2.33. The molecule has 0 spiro atoms. The van der Waals surface area contributed by atoms with Gasteiger partial charge in [-0.1, -0.05) is 42.2 Å². The van der Waals surface area contributed by atoms with Gasteiger partial charge in [0.05, 0.1) is 4.91 Å². The van der Waals surface area contributed by atoms with Gasteiger partial charge in [-0.15, -0.1) is 0 Å². The van der Waals surface area contributed by atoms with Crippen molar-refractivity contribution >= 4 is 46.3 Å². The minimum atomic E-state index is -0.924. The van der Waals surface area contributed by atoms with Crippen molar-refractivity contribution in [1.29, 1.82) is 0 Å². The number of carbonyl (C=O) groups excluding carboxylic acids is 1. The van der Waals surface area contributed by atoms with Crippen LogP contribution in [0.25, 0.3) is 17.2 Å². The number of carboxylic acid groups (broad SMARTS) is 1. The molecule has 0 aliphatic carbocycles. The van der Waals surface area contributed by atoms with Crippen LogP contribution < -0.4 is 0 Å². The van der Waals surface area contributed by atoms with Gasteiger partial charge in [-0.2, -0.15) is 0 Å². The quantitative estimate of drug-likeness (QED) is 0.543. The maximum absolute atomic E-state index is 13.5. The third-order valence-corrected chi connectivity index (χ3v) is 5.40. The van der Waals surface area contributed by atoms with Gasteiger partial charge in [0.15, 0.2) is 0 Å². The number of aliphatic carboxylic acids is 1. The third-order valence-electron chi connectivity index (χ3n) is 4.03. The number of thiocarbonyl (C=S) groups is 1. The highest BCUT2D eigenvalue weighted by molar-refractivity contribution is 8.26. The zero-order valence-corrected chi connectivity index (χ0v) is 16.2. The van der Waals surface area contributed by atoms with Crippen molar-refractivity contribution in [2.24, 2.45) is 0 Å². The number of halogens is 2. The smallest absolute Gasteiger partial charge is 0.303 e. The topological polar surface area (TPSA) is 57.6 Å². The molecule has 1 aliphatic rings. The predicted molar refractivity (Wildman–Crippen MR) is 109 cm³/mol. The molecule has 0 bridgehead atoms. The first kappa shape index (κ1) is 20.2. The summed E-state index contributed by atoms with van der Waals surface area (Å²) in [6.07, 6.45) is 1.94. The molecule has 1 N–H and O–H groups in total. The van der Waals surface area contributed by atoms with Crippen molar-refractivity contribution in [1.82, 2.24) is 4.90 Å². The minimum Gasteiger partial charge on any atom is -0.481 e. The Kier molecular flexibility index (Phi) is 6.21. The molecular weight excluding hydrogens is 404 g/mol. The lowest BCUT2D eigenvalue weighted by molar-refractivity contribution is -0.137. The molecule has 1 fully saturated rings. The molecule has 0 unspecified atom stereocenters. The third kappa shape index (κ3) is 4.82. The van der Waals surface area contributed by atoms with Gasteiger partial charge in [-0.25, -0.2) is 8.78 Å². The number of amides is 1. The van der Waals surface area contributed by atoms with Gasteiger partial charge in [0.2, 0.25) is 0 Å². The number of rotatable bonds is 6. The summed E-state index contributed by atoms with van der Waals surface area (Å²) in [5.41, 5.74) is 1.70. The van der Waals surface area contributed by atoms with Gasteiger partial charge >= 0.3 is 5.97 Å². The minimum absolute atomic E-state index is 0.0393. The summed E-state index contributed by atoms with van der Waals surface area (Å²) in [7, 11) is 0. The Morgan fingerprint density at radius 2 is 1.86 bits per heavy atom. The Bertz CT molecular complexity index is 971. The Labute approximate surface area is 169 Å². The van der Waals surface area contributed by atoms with E-state index < -0.39 is 17.6 Å². The Morgan fingerprint density at radius 1 is 1.14 bits per heavy atom. The van der Waals surface area contributed by atoms with Gasteiger partial charge in [0.25, 0.3) is 5.91 Å². The van der Waals surface area contributed by atoms with Crippen LogP contribution in [-0.2, 0) is 9.59 Å². The molecule has 1 amide bonds. The maximum atomic E-state index is 13.5. The van der Waals surface area contributed by atoms with Gasteiger partial charge in [0.1, 0.15) is 16.0 Å². The molecule has 28 heavy (non-hydrogen) atoms. The molecule has 1 aliphatic heterocycles. The molecule has 144 valence electrons. The molecule has 1 heterocycles. The lowest BCUT2D eigenvalue weighted by atomic mass is 10.0. The normalized spacial score (nSPS) is 15.5.